The normalized spacial score (nSPS) is 10.1. The molecule has 0 unspecified atom stereocenters. The Labute approximate surface area is 88.3 Å². The number of carboxylic acids is 1. The molecule has 76 valence electrons. The van der Waals surface area contributed by atoms with Crippen molar-refractivity contribution in [2.45, 2.75) is 12.8 Å². The molecule has 3 heteroatoms. The van der Waals surface area contributed by atoms with Gasteiger partial charge in [0.1, 0.15) is 0 Å². The van der Waals surface area contributed by atoms with E-state index in [1.54, 1.807) is 12.1 Å². The number of allylic oxidation sites excluding steroid dienone is 1. The predicted molar refractivity (Wildman–Crippen MR) is 57.0 cm³/mol. The van der Waals surface area contributed by atoms with Gasteiger partial charge in [0.2, 0.25) is 0 Å². The molecule has 0 radical (unpaired) electrons. The quantitative estimate of drug-likeness (QED) is 0.812. The number of carboxylic acid groups (broad SMARTS) is 1. The number of hydrogen-bond donors (Lipinski definition) is 1. The van der Waals surface area contributed by atoms with Crippen molar-refractivity contribution in [2.75, 3.05) is 0 Å². The van der Waals surface area contributed by atoms with E-state index < -0.39 is 5.97 Å². The molecule has 1 rings (SSSR count). The number of hydrogen-bond acceptors (Lipinski definition) is 2. The van der Waals surface area contributed by atoms with Crippen LogP contribution >= 0.6 is 0 Å². The summed E-state index contributed by atoms with van der Waals surface area (Å²) in [4.78, 5) is 10.5. The first-order valence-electron chi connectivity index (χ1n) is 4.56. The Morgan fingerprint density at radius 1 is 1.53 bits per heavy atom. The summed E-state index contributed by atoms with van der Waals surface area (Å²) in [5.41, 5.74) is 1.69. The van der Waals surface area contributed by atoms with Crippen LogP contribution in [0.1, 0.15) is 17.5 Å². The van der Waals surface area contributed by atoms with Crippen LogP contribution < -0.4 is 0 Å². The van der Waals surface area contributed by atoms with Gasteiger partial charge in [0.15, 0.2) is 0 Å². The Kier molecular flexibility index (Phi) is 4.11. The van der Waals surface area contributed by atoms with Crippen molar-refractivity contribution in [1.29, 1.82) is 5.26 Å². The molecule has 3 nitrogen and oxygen atoms in total. The molecule has 1 aromatic rings. The Hall–Kier alpha value is -2.08. The molecule has 0 atom stereocenters. The summed E-state index contributed by atoms with van der Waals surface area (Å²) in [5.74, 6) is -0.840. The highest BCUT2D eigenvalue weighted by atomic mass is 16.4. The highest BCUT2D eigenvalue weighted by molar-refractivity contribution is 5.70. The molecule has 1 N–H and O–H groups in total. The lowest BCUT2D eigenvalue weighted by Crippen LogP contribution is -1.99. The van der Waals surface area contributed by atoms with Crippen LogP contribution in [0.5, 0.6) is 0 Å². The van der Waals surface area contributed by atoms with Crippen LogP contribution in [0.3, 0.4) is 0 Å². The Bertz CT molecular complexity index is 416. The Morgan fingerprint density at radius 2 is 2.33 bits per heavy atom. The van der Waals surface area contributed by atoms with E-state index in [2.05, 4.69) is 0 Å². The summed E-state index contributed by atoms with van der Waals surface area (Å²) in [6.45, 7) is 0. The zero-order valence-corrected chi connectivity index (χ0v) is 8.18. The van der Waals surface area contributed by atoms with Gasteiger partial charge in [0.25, 0.3) is 0 Å². The molecule has 0 fully saturated rings. The predicted octanol–water partition coefficient (Wildman–Crippen LogP) is 2.24. The van der Waals surface area contributed by atoms with Crippen molar-refractivity contribution in [3.63, 3.8) is 0 Å². The summed E-state index contributed by atoms with van der Waals surface area (Å²) >= 11 is 0. The van der Waals surface area contributed by atoms with Crippen LogP contribution in [-0.2, 0) is 11.2 Å². The fourth-order valence-corrected chi connectivity index (χ4v) is 1.23. The largest absolute Gasteiger partial charge is 0.481 e. The molecule has 0 aliphatic carbocycles. The van der Waals surface area contributed by atoms with E-state index in [0.717, 1.165) is 11.1 Å². The van der Waals surface area contributed by atoms with Crippen LogP contribution in [0, 0.1) is 11.3 Å². The van der Waals surface area contributed by atoms with Crippen molar-refractivity contribution in [3.05, 3.63) is 41.5 Å². The third-order valence-corrected chi connectivity index (χ3v) is 1.83. The lowest BCUT2D eigenvalue weighted by atomic mass is 10.1. The van der Waals surface area contributed by atoms with E-state index in [4.69, 9.17) is 10.4 Å². The molecule has 15 heavy (non-hydrogen) atoms. The van der Waals surface area contributed by atoms with Gasteiger partial charge in [-0.15, -0.1) is 0 Å². The second-order valence-corrected chi connectivity index (χ2v) is 3.08. The van der Waals surface area contributed by atoms with Crippen molar-refractivity contribution in [1.82, 2.24) is 0 Å². The number of nitrogens with zero attached hydrogens (tertiary/aromatic N) is 1. The van der Waals surface area contributed by atoms with Gasteiger partial charge < -0.3 is 5.11 Å². The van der Waals surface area contributed by atoms with Crippen LogP contribution in [0.2, 0.25) is 0 Å². The van der Waals surface area contributed by atoms with E-state index in [9.17, 15) is 4.79 Å². The summed E-state index contributed by atoms with van der Waals surface area (Å²) in [5, 5.41) is 16.9. The maximum absolute atomic E-state index is 10.5. The molecule has 0 amide bonds. The molecule has 0 saturated heterocycles. The molecule has 0 bridgehead atoms. The second kappa shape index (κ2) is 5.61. The maximum Gasteiger partial charge on any atom is 0.307 e. The zero-order chi connectivity index (χ0) is 11.1. The molecular weight excluding hydrogens is 190 g/mol. The van der Waals surface area contributed by atoms with Crippen LogP contribution in [0.4, 0.5) is 0 Å². The van der Waals surface area contributed by atoms with Crippen molar-refractivity contribution < 1.29 is 9.90 Å². The third kappa shape index (κ3) is 4.10. The minimum atomic E-state index is -0.840. The Balaban J connectivity index is 2.74. The molecule has 0 aliphatic heterocycles. The number of rotatable bonds is 4. The van der Waals surface area contributed by atoms with Crippen LogP contribution in [0.25, 0.3) is 6.08 Å². The minimum absolute atomic E-state index is 0.0277. The fraction of sp³-hybridized carbons (Fsp3) is 0.167. The van der Waals surface area contributed by atoms with E-state index in [1.165, 1.54) is 0 Å². The molecule has 0 aromatic heterocycles. The highest BCUT2D eigenvalue weighted by Crippen LogP contribution is 2.08. The average molecular weight is 201 g/mol. The molecule has 0 spiro atoms. The first-order valence-corrected chi connectivity index (χ1v) is 4.56. The van der Waals surface area contributed by atoms with Gasteiger partial charge in [0, 0.05) is 0 Å². The van der Waals surface area contributed by atoms with Crippen molar-refractivity contribution >= 4 is 12.0 Å². The smallest absolute Gasteiger partial charge is 0.307 e. The number of aliphatic carboxylic acids is 1. The summed E-state index contributed by atoms with van der Waals surface area (Å²) < 4.78 is 0. The van der Waals surface area contributed by atoms with Gasteiger partial charge in [-0.2, -0.15) is 5.26 Å². The van der Waals surface area contributed by atoms with Gasteiger partial charge in [0.05, 0.1) is 18.9 Å². The van der Waals surface area contributed by atoms with Gasteiger partial charge in [-0.3, -0.25) is 4.79 Å². The van der Waals surface area contributed by atoms with Crippen molar-refractivity contribution in [2.24, 2.45) is 0 Å². The zero-order valence-electron chi connectivity index (χ0n) is 8.18. The van der Waals surface area contributed by atoms with Gasteiger partial charge >= 0.3 is 5.97 Å². The second-order valence-electron chi connectivity index (χ2n) is 3.08. The molecule has 0 heterocycles. The van der Waals surface area contributed by atoms with E-state index in [0.29, 0.717) is 6.42 Å². The number of nitriles is 1. The van der Waals surface area contributed by atoms with Gasteiger partial charge in [-0.1, -0.05) is 36.4 Å². The standard InChI is InChI=1S/C12H11NO2/c13-7-2-1-4-10-5-3-6-11(8-10)9-12(14)15/h1,3-6,8H,2,9H2,(H,14,15). The topological polar surface area (TPSA) is 61.1 Å². The van der Waals surface area contributed by atoms with Crippen LogP contribution in [0.15, 0.2) is 30.3 Å². The summed E-state index contributed by atoms with van der Waals surface area (Å²) in [7, 11) is 0. The summed E-state index contributed by atoms with van der Waals surface area (Å²) in [6.07, 6.45) is 3.96. The lowest BCUT2D eigenvalue weighted by Gasteiger charge is -1.98. The molecule has 0 aliphatic rings. The van der Waals surface area contributed by atoms with Gasteiger partial charge in [-0.25, -0.2) is 0 Å². The number of carbonyl (C=O) groups is 1. The minimum Gasteiger partial charge on any atom is -0.481 e. The number of benzene rings is 1. The monoisotopic (exact) mass is 201 g/mol. The molecule has 1 aromatic carbocycles. The van der Waals surface area contributed by atoms with E-state index in [1.807, 2.05) is 30.3 Å². The fourth-order valence-electron chi connectivity index (χ4n) is 1.23. The lowest BCUT2D eigenvalue weighted by molar-refractivity contribution is -0.136. The van der Waals surface area contributed by atoms with E-state index in [-0.39, 0.29) is 6.42 Å². The first kappa shape index (κ1) is 11.0. The SMILES string of the molecule is N#CCC=Cc1cccc(CC(=O)O)c1. The van der Waals surface area contributed by atoms with E-state index >= 15 is 0 Å². The molecular formula is C12H11NO2. The Morgan fingerprint density at radius 3 is 3.00 bits per heavy atom. The molecule has 0 saturated carbocycles. The average Bonchev–Trinajstić information content (AvgIpc) is 2.18. The maximum atomic E-state index is 10.5. The first-order chi connectivity index (χ1) is 7.22. The van der Waals surface area contributed by atoms with Crippen LogP contribution in [-0.4, -0.2) is 11.1 Å². The van der Waals surface area contributed by atoms with Gasteiger partial charge in [-0.05, 0) is 11.1 Å². The summed E-state index contributed by atoms with van der Waals surface area (Å²) in [6, 6.07) is 9.27. The highest BCUT2D eigenvalue weighted by Gasteiger charge is 1.99. The van der Waals surface area contributed by atoms with Crippen molar-refractivity contribution in [3.8, 4) is 6.07 Å². The third-order valence-electron chi connectivity index (χ3n) is 1.83.